The Bertz CT molecular complexity index is 1800. The molecule has 13 heteroatoms. The van der Waals surface area contributed by atoms with Crippen molar-refractivity contribution in [3.8, 4) is 0 Å². The van der Waals surface area contributed by atoms with Crippen LogP contribution < -0.4 is 21.9 Å². The van der Waals surface area contributed by atoms with Crippen LogP contribution in [0.2, 0.25) is 0 Å². The minimum atomic E-state index is -4.86. The molecule has 46 heavy (non-hydrogen) atoms. The molecule has 1 fully saturated rings. The maximum absolute atomic E-state index is 15.0. The fourth-order valence-corrected chi connectivity index (χ4v) is 6.44. The van der Waals surface area contributed by atoms with Crippen LogP contribution in [0.25, 0.3) is 0 Å². The molecule has 1 unspecified atom stereocenters. The standard InChI is InChI=1S/C33H35F4N5O3S/c1-22-30(40-16-14-39(15-17-40)19-23-8-6-11-25(18-23)46(2)45)31(43)42(21-29(38)24-9-4-3-5-10-24)32(44)41(22)20-26-27(33(35,36)37)12-7-13-28(26)34/h3-13,18,29H,14-17,19-21,38H2,1-2H3/t29-,46?/m0/s1. The summed E-state index contributed by atoms with van der Waals surface area (Å²) in [5.74, 6) is -1.11. The summed E-state index contributed by atoms with van der Waals surface area (Å²) >= 11 is -1.11. The molecule has 0 radical (unpaired) electrons. The summed E-state index contributed by atoms with van der Waals surface area (Å²) in [5.41, 5.74) is 5.00. The van der Waals surface area contributed by atoms with Gasteiger partial charge in [0.05, 0.1) is 18.7 Å². The van der Waals surface area contributed by atoms with Gasteiger partial charge in [-0.1, -0.05) is 48.5 Å². The quantitative estimate of drug-likeness (QED) is 0.213. The van der Waals surface area contributed by atoms with Gasteiger partial charge in [0.25, 0.3) is 5.56 Å². The van der Waals surface area contributed by atoms with E-state index >= 15 is 0 Å². The van der Waals surface area contributed by atoms with Gasteiger partial charge in [0.1, 0.15) is 17.8 Å². The SMILES string of the molecule is Cc1c(N2CCN(Cc3cccc([S+](C)[O-])c3)CC2)c(=O)n(C[C@H](N)c2ccccc2)c(=O)n1Cc1c(F)cccc1C(F)(F)F. The van der Waals surface area contributed by atoms with Crippen molar-refractivity contribution in [3.63, 3.8) is 0 Å². The molecule has 1 aromatic heterocycles. The van der Waals surface area contributed by atoms with E-state index in [9.17, 15) is 31.7 Å². The highest BCUT2D eigenvalue weighted by molar-refractivity contribution is 7.90. The smallest absolute Gasteiger partial charge is 0.416 e. The van der Waals surface area contributed by atoms with Crippen LogP contribution in [-0.2, 0) is 37.0 Å². The number of benzene rings is 3. The lowest BCUT2D eigenvalue weighted by Gasteiger charge is -2.37. The van der Waals surface area contributed by atoms with Gasteiger partial charge in [0, 0.05) is 50.0 Å². The molecule has 2 heterocycles. The Kier molecular flexibility index (Phi) is 10.1. The molecule has 1 saturated heterocycles. The van der Waals surface area contributed by atoms with Crippen LogP contribution in [0.5, 0.6) is 0 Å². The maximum atomic E-state index is 15.0. The lowest BCUT2D eigenvalue weighted by Crippen LogP contribution is -2.51. The number of aromatic nitrogens is 2. The van der Waals surface area contributed by atoms with E-state index < -0.39 is 58.1 Å². The Morgan fingerprint density at radius 1 is 0.913 bits per heavy atom. The van der Waals surface area contributed by atoms with Crippen molar-refractivity contribution in [1.82, 2.24) is 14.0 Å². The molecule has 1 aliphatic heterocycles. The third kappa shape index (κ3) is 7.22. The van der Waals surface area contributed by atoms with Crippen LogP contribution in [0.15, 0.2) is 87.3 Å². The second-order valence-electron chi connectivity index (χ2n) is 11.4. The van der Waals surface area contributed by atoms with Crippen molar-refractivity contribution in [2.45, 2.75) is 43.7 Å². The van der Waals surface area contributed by atoms with E-state index in [0.717, 1.165) is 37.8 Å². The lowest BCUT2D eigenvalue weighted by molar-refractivity contribution is -0.138. The van der Waals surface area contributed by atoms with Gasteiger partial charge in [-0.15, -0.1) is 0 Å². The number of hydrogen-bond acceptors (Lipinski definition) is 6. The topological polar surface area (TPSA) is 99.6 Å². The first-order chi connectivity index (χ1) is 21.8. The zero-order valence-electron chi connectivity index (χ0n) is 25.5. The molecule has 1 aliphatic rings. The van der Waals surface area contributed by atoms with Crippen molar-refractivity contribution >= 4 is 16.9 Å². The van der Waals surface area contributed by atoms with Crippen molar-refractivity contribution in [3.05, 3.63) is 127 Å². The maximum Gasteiger partial charge on any atom is 0.416 e. The van der Waals surface area contributed by atoms with Gasteiger partial charge in [-0.25, -0.2) is 9.18 Å². The molecule has 0 bridgehead atoms. The predicted molar refractivity (Wildman–Crippen MR) is 170 cm³/mol. The normalized spacial score (nSPS) is 15.6. The summed E-state index contributed by atoms with van der Waals surface area (Å²) in [5, 5.41) is 0. The second kappa shape index (κ2) is 13.8. The molecule has 0 saturated carbocycles. The van der Waals surface area contributed by atoms with E-state index in [1.54, 1.807) is 36.6 Å². The van der Waals surface area contributed by atoms with Crippen molar-refractivity contribution in [2.24, 2.45) is 5.73 Å². The number of anilines is 1. The molecule has 0 amide bonds. The number of piperazine rings is 1. The van der Waals surface area contributed by atoms with E-state index in [0.29, 0.717) is 38.3 Å². The molecule has 3 aromatic carbocycles. The van der Waals surface area contributed by atoms with E-state index in [4.69, 9.17) is 5.73 Å². The van der Waals surface area contributed by atoms with Crippen LogP contribution in [0.3, 0.4) is 0 Å². The predicted octanol–water partition coefficient (Wildman–Crippen LogP) is 4.28. The molecule has 8 nitrogen and oxygen atoms in total. The number of nitrogens with two attached hydrogens (primary N) is 1. The number of rotatable bonds is 9. The van der Waals surface area contributed by atoms with Gasteiger partial charge in [-0.3, -0.25) is 18.8 Å². The minimum absolute atomic E-state index is 0.141. The summed E-state index contributed by atoms with van der Waals surface area (Å²) in [6, 6.07) is 18.3. The molecule has 2 atom stereocenters. The molecule has 244 valence electrons. The minimum Gasteiger partial charge on any atom is -0.612 e. The van der Waals surface area contributed by atoms with E-state index in [1.165, 1.54) is 6.92 Å². The van der Waals surface area contributed by atoms with E-state index in [1.807, 2.05) is 29.2 Å². The summed E-state index contributed by atoms with van der Waals surface area (Å²) in [4.78, 5) is 32.6. The number of nitrogens with zero attached hydrogens (tertiary/aromatic N) is 4. The Labute approximate surface area is 266 Å². The van der Waals surface area contributed by atoms with Gasteiger partial charge in [-0.05, 0) is 53.5 Å². The summed E-state index contributed by atoms with van der Waals surface area (Å²) in [7, 11) is 0. The molecule has 5 rings (SSSR count). The Morgan fingerprint density at radius 2 is 1.59 bits per heavy atom. The first kappa shape index (κ1) is 33.5. The fourth-order valence-electron chi connectivity index (χ4n) is 5.85. The van der Waals surface area contributed by atoms with Gasteiger partial charge in [-0.2, -0.15) is 13.2 Å². The lowest BCUT2D eigenvalue weighted by atomic mass is 10.1. The Morgan fingerprint density at radius 3 is 2.24 bits per heavy atom. The van der Waals surface area contributed by atoms with Crippen molar-refractivity contribution in [1.29, 1.82) is 0 Å². The molecule has 2 N–H and O–H groups in total. The highest BCUT2D eigenvalue weighted by Gasteiger charge is 2.35. The first-order valence-electron chi connectivity index (χ1n) is 14.7. The highest BCUT2D eigenvalue weighted by Crippen LogP contribution is 2.33. The van der Waals surface area contributed by atoms with Crippen molar-refractivity contribution in [2.75, 3.05) is 37.3 Å². The average Bonchev–Trinajstić information content (AvgIpc) is 3.02. The Hall–Kier alpha value is -3.91. The highest BCUT2D eigenvalue weighted by atomic mass is 32.2. The molecular weight excluding hydrogens is 622 g/mol. The average molecular weight is 658 g/mol. The monoisotopic (exact) mass is 657 g/mol. The largest absolute Gasteiger partial charge is 0.612 e. The zero-order valence-corrected chi connectivity index (χ0v) is 26.3. The third-order valence-corrected chi connectivity index (χ3v) is 9.25. The van der Waals surface area contributed by atoms with Gasteiger partial charge in [0.15, 0.2) is 4.90 Å². The molecule has 4 aromatic rings. The second-order valence-corrected chi connectivity index (χ2v) is 12.7. The van der Waals surface area contributed by atoms with Crippen molar-refractivity contribution < 1.29 is 22.1 Å². The van der Waals surface area contributed by atoms with E-state index in [-0.39, 0.29) is 17.9 Å². The Balaban J connectivity index is 1.51. The number of halogens is 4. The molecular formula is C33H35F4N5O3S. The van der Waals surface area contributed by atoms with Gasteiger partial charge in [0.2, 0.25) is 0 Å². The van der Waals surface area contributed by atoms with Crippen LogP contribution in [0.1, 0.15) is 34.0 Å². The number of alkyl halides is 3. The molecule has 0 aliphatic carbocycles. The van der Waals surface area contributed by atoms with Gasteiger partial charge < -0.3 is 15.2 Å². The first-order valence-corrected chi connectivity index (χ1v) is 16.3. The number of hydrogen-bond donors (Lipinski definition) is 1. The zero-order chi connectivity index (χ0) is 33.2. The van der Waals surface area contributed by atoms with E-state index in [2.05, 4.69) is 4.90 Å². The summed E-state index contributed by atoms with van der Waals surface area (Å²) in [6.45, 7) is 3.02. The van der Waals surface area contributed by atoms with Gasteiger partial charge >= 0.3 is 11.9 Å². The van der Waals surface area contributed by atoms with Crippen LogP contribution in [0.4, 0.5) is 23.2 Å². The van der Waals surface area contributed by atoms with Crippen LogP contribution in [0, 0.1) is 12.7 Å². The summed E-state index contributed by atoms with van der Waals surface area (Å²) < 4.78 is 70.6. The third-order valence-electron chi connectivity index (χ3n) is 8.33. The summed E-state index contributed by atoms with van der Waals surface area (Å²) in [6.07, 6.45) is -3.24. The van der Waals surface area contributed by atoms with Crippen LogP contribution in [-0.4, -0.2) is 51.0 Å². The fraction of sp³-hybridized carbons (Fsp3) is 0.333. The molecule has 0 spiro atoms. The van der Waals surface area contributed by atoms with Crippen LogP contribution >= 0.6 is 0 Å².